The fourth-order valence-corrected chi connectivity index (χ4v) is 6.03. The predicted octanol–water partition coefficient (Wildman–Crippen LogP) is 1.13. The highest BCUT2D eigenvalue weighted by atomic mass is 16.5. The lowest BCUT2D eigenvalue weighted by atomic mass is 9.57. The molecule has 1 N–H and O–H groups in total. The lowest BCUT2D eigenvalue weighted by Gasteiger charge is -2.45. The van der Waals surface area contributed by atoms with Crippen LogP contribution in [0.3, 0.4) is 0 Å². The average molecular weight is 480 g/mol. The molecule has 1 aliphatic heterocycles. The number of rotatable bonds is 7. The van der Waals surface area contributed by atoms with E-state index >= 15 is 0 Å². The van der Waals surface area contributed by atoms with Crippen LogP contribution in [0.25, 0.3) is 0 Å². The molecule has 0 bridgehead atoms. The largest absolute Gasteiger partial charge is 0.469 e. The van der Waals surface area contributed by atoms with Gasteiger partial charge in [0.15, 0.2) is 0 Å². The quantitative estimate of drug-likeness (QED) is 0.420. The van der Waals surface area contributed by atoms with E-state index in [4.69, 9.17) is 9.47 Å². The van der Waals surface area contributed by atoms with Gasteiger partial charge < -0.3 is 19.5 Å². The van der Waals surface area contributed by atoms with Gasteiger partial charge in [0.05, 0.1) is 26.1 Å². The molecule has 10 heteroatoms. The number of cyclic esters (lactones) is 1. The Morgan fingerprint density at radius 2 is 1.76 bits per heavy atom. The highest BCUT2D eigenvalue weighted by Crippen LogP contribution is 2.56. The number of hydrogen-bond acceptors (Lipinski definition) is 9. The molecule has 0 radical (unpaired) electrons. The zero-order valence-corrected chi connectivity index (χ0v) is 20.1. The van der Waals surface area contributed by atoms with Crippen LogP contribution in [0.1, 0.15) is 58.8 Å². The van der Waals surface area contributed by atoms with Crippen LogP contribution in [0, 0.1) is 29.1 Å². The Balaban J connectivity index is 1.72. The number of ketones is 2. The third kappa shape index (κ3) is 4.86. The summed E-state index contributed by atoms with van der Waals surface area (Å²) in [5, 5.41) is 2.50. The minimum Gasteiger partial charge on any atom is -0.469 e. The number of esters is 3. The molecule has 0 spiro atoms. The summed E-state index contributed by atoms with van der Waals surface area (Å²) in [6.07, 6.45) is 1.07. The monoisotopic (exact) mass is 479 g/mol. The Hall–Kier alpha value is -2.78. The maximum Gasteiger partial charge on any atom is 0.329 e. The van der Waals surface area contributed by atoms with Crippen LogP contribution in [0.4, 0.5) is 0 Å². The fourth-order valence-electron chi connectivity index (χ4n) is 6.03. The molecule has 0 aromatic heterocycles. The molecule has 1 saturated heterocycles. The van der Waals surface area contributed by atoms with Gasteiger partial charge in [0.2, 0.25) is 5.91 Å². The molecule has 34 heavy (non-hydrogen) atoms. The van der Waals surface area contributed by atoms with Gasteiger partial charge in [-0.1, -0.05) is 6.92 Å². The summed E-state index contributed by atoms with van der Waals surface area (Å²) in [5.74, 6) is -4.13. The van der Waals surface area contributed by atoms with E-state index in [-0.39, 0.29) is 49.1 Å². The molecule has 188 valence electrons. The van der Waals surface area contributed by atoms with Crippen LogP contribution in [-0.2, 0) is 43.0 Å². The smallest absolute Gasteiger partial charge is 0.329 e. The van der Waals surface area contributed by atoms with Crippen molar-refractivity contribution in [1.82, 2.24) is 5.32 Å². The molecular weight excluding hydrogens is 446 g/mol. The van der Waals surface area contributed by atoms with Gasteiger partial charge in [-0.2, -0.15) is 0 Å². The van der Waals surface area contributed by atoms with Gasteiger partial charge >= 0.3 is 17.9 Å². The Morgan fingerprint density at radius 1 is 1.09 bits per heavy atom. The van der Waals surface area contributed by atoms with Crippen molar-refractivity contribution in [3.63, 3.8) is 0 Å². The van der Waals surface area contributed by atoms with E-state index in [9.17, 15) is 28.8 Å². The van der Waals surface area contributed by atoms with Crippen molar-refractivity contribution in [2.45, 2.75) is 70.9 Å². The van der Waals surface area contributed by atoms with Crippen molar-refractivity contribution in [3.8, 4) is 0 Å². The van der Waals surface area contributed by atoms with Crippen LogP contribution in [0.5, 0.6) is 0 Å². The third-order valence-corrected chi connectivity index (χ3v) is 7.89. The van der Waals surface area contributed by atoms with Gasteiger partial charge in [-0.15, -0.1) is 0 Å². The van der Waals surface area contributed by atoms with Crippen LogP contribution >= 0.6 is 0 Å². The summed E-state index contributed by atoms with van der Waals surface area (Å²) in [5.41, 5.74) is -0.689. The second-order valence-electron chi connectivity index (χ2n) is 9.80. The van der Waals surface area contributed by atoms with Gasteiger partial charge in [-0.25, -0.2) is 4.79 Å². The number of hydrogen-bond donors (Lipinski definition) is 1. The minimum absolute atomic E-state index is 0.0122. The van der Waals surface area contributed by atoms with Gasteiger partial charge in [0, 0.05) is 31.1 Å². The number of carbonyl (C=O) groups excluding carboxylic acids is 6. The van der Waals surface area contributed by atoms with Crippen molar-refractivity contribution in [2.24, 2.45) is 29.1 Å². The summed E-state index contributed by atoms with van der Waals surface area (Å²) in [6.45, 7) is 3.29. The average Bonchev–Trinajstić information content (AvgIpc) is 2.99. The first-order chi connectivity index (χ1) is 16.0. The zero-order valence-electron chi connectivity index (χ0n) is 20.1. The van der Waals surface area contributed by atoms with E-state index in [0.717, 1.165) is 7.11 Å². The molecule has 3 rings (SSSR count). The molecule has 10 nitrogen and oxygen atoms in total. The van der Waals surface area contributed by atoms with Crippen LogP contribution in [-0.4, -0.2) is 61.7 Å². The van der Waals surface area contributed by atoms with Gasteiger partial charge in [-0.05, 0) is 38.0 Å². The van der Waals surface area contributed by atoms with E-state index in [1.54, 1.807) is 0 Å². The molecule has 7 atom stereocenters. The summed E-state index contributed by atoms with van der Waals surface area (Å²) < 4.78 is 14.9. The second kappa shape index (κ2) is 10.2. The summed E-state index contributed by atoms with van der Waals surface area (Å²) in [4.78, 5) is 74.7. The van der Waals surface area contributed by atoms with Crippen molar-refractivity contribution in [1.29, 1.82) is 0 Å². The Kier molecular flexibility index (Phi) is 7.77. The predicted molar refractivity (Wildman–Crippen MR) is 116 cm³/mol. The lowest BCUT2D eigenvalue weighted by molar-refractivity contribution is -0.158. The van der Waals surface area contributed by atoms with Crippen molar-refractivity contribution in [3.05, 3.63) is 0 Å². The van der Waals surface area contributed by atoms with Crippen molar-refractivity contribution >= 4 is 35.4 Å². The minimum atomic E-state index is -1.24. The molecule has 3 fully saturated rings. The number of fused-ring (bicyclic) bond motifs is 3. The van der Waals surface area contributed by atoms with Crippen LogP contribution < -0.4 is 5.32 Å². The standard InChI is InChI=1S/C24H33NO9/c1-12(22(30)32-3)21(23(31)33-4)25-18(28)9-7-16-20-13(5-10-19(29)34-16)14-6-8-17(27)24(14,2)11-15(20)26/h12-14,16,20-21H,5-11H2,1-4H3,(H,25,28)/t12?,13-,14-,16+,20+,21-,24-/m0/s1. The third-order valence-electron chi connectivity index (χ3n) is 7.89. The Bertz CT molecular complexity index is 884. The SMILES string of the molecule is COC(=O)C(C)[C@H](NC(=O)CC[C@H]1OC(=O)CC[C@@H]2[C@@H]1C(=O)C[C@]1(C)C(=O)CC[C@@H]21)C(=O)OC. The Labute approximate surface area is 198 Å². The van der Waals surface area contributed by atoms with E-state index in [1.165, 1.54) is 14.0 Å². The van der Waals surface area contributed by atoms with Crippen LogP contribution in [0.2, 0.25) is 0 Å². The van der Waals surface area contributed by atoms with E-state index < -0.39 is 53.2 Å². The summed E-state index contributed by atoms with van der Waals surface area (Å²) in [7, 11) is 2.32. The first-order valence-corrected chi connectivity index (χ1v) is 11.7. The van der Waals surface area contributed by atoms with Crippen molar-refractivity contribution in [2.75, 3.05) is 14.2 Å². The highest BCUT2D eigenvalue weighted by molar-refractivity contribution is 5.95. The molecule has 2 saturated carbocycles. The van der Waals surface area contributed by atoms with Crippen molar-refractivity contribution < 1.29 is 43.0 Å². The second-order valence-corrected chi connectivity index (χ2v) is 9.80. The first-order valence-electron chi connectivity index (χ1n) is 11.7. The molecule has 0 aromatic rings. The summed E-state index contributed by atoms with van der Waals surface area (Å²) in [6, 6.07) is -1.24. The number of amides is 1. The number of nitrogens with one attached hydrogen (secondary N) is 1. The molecule has 1 heterocycles. The lowest BCUT2D eigenvalue weighted by Crippen LogP contribution is -2.51. The van der Waals surface area contributed by atoms with E-state index in [1.807, 2.05) is 6.92 Å². The summed E-state index contributed by atoms with van der Waals surface area (Å²) >= 11 is 0. The number of carbonyl (C=O) groups is 6. The van der Waals surface area contributed by atoms with Gasteiger partial charge in [0.1, 0.15) is 23.7 Å². The molecule has 0 aromatic carbocycles. The fraction of sp³-hybridized carbons (Fsp3) is 0.750. The zero-order chi connectivity index (χ0) is 25.2. The van der Waals surface area contributed by atoms with Crippen LogP contribution in [0.15, 0.2) is 0 Å². The number of Topliss-reactive ketones (excluding diaryl/α,β-unsaturated/α-hetero) is 2. The molecular formula is C24H33NO9. The van der Waals surface area contributed by atoms with E-state index in [0.29, 0.717) is 19.3 Å². The normalized spacial score (nSPS) is 32.4. The first kappa shape index (κ1) is 25.8. The molecule has 2 aliphatic carbocycles. The topological polar surface area (TPSA) is 142 Å². The number of methoxy groups -OCH3 is 2. The van der Waals surface area contributed by atoms with E-state index in [2.05, 4.69) is 10.1 Å². The Morgan fingerprint density at radius 3 is 2.41 bits per heavy atom. The van der Waals surface area contributed by atoms with Gasteiger partial charge in [0.25, 0.3) is 0 Å². The molecule has 1 unspecified atom stereocenters. The number of ether oxygens (including phenoxy) is 3. The maximum absolute atomic E-state index is 13.2. The molecule has 3 aliphatic rings. The van der Waals surface area contributed by atoms with Gasteiger partial charge in [-0.3, -0.25) is 24.0 Å². The highest BCUT2D eigenvalue weighted by Gasteiger charge is 2.59. The maximum atomic E-state index is 13.2. The molecule has 1 amide bonds.